The van der Waals surface area contributed by atoms with Crippen LogP contribution in [-0.4, -0.2) is 35.9 Å². The Morgan fingerprint density at radius 1 is 1.21 bits per heavy atom. The van der Waals surface area contributed by atoms with Crippen molar-refractivity contribution in [3.05, 3.63) is 40.2 Å². The number of anilines is 1. The number of nitrogens with one attached hydrogen (secondary N) is 2. The third-order valence-electron chi connectivity index (χ3n) is 4.53. The average Bonchev–Trinajstić information content (AvgIpc) is 2.64. The third-order valence-corrected chi connectivity index (χ3v) is 5.17. The number of rotatable bonds is 9. The SMILES string of the molecule is CSCC[C@H](N)C(=O)N[C@@H](CC(C)C)C(=O)Nc1ccc2c(C)cc(=O)oc2c1. The number of carbonyl (C=O) groups excluding carboxylic acids is 2. The molecular weight excluding hydrogens is 390 g/mol. The van der Waals surface area contributed by atoms with Gasteiger partial charge in [-0.3, -0.25) is 9.59 Å². The van der Waals surface area contributed by atoms with Gasteiger partial charge in [-0.1, -0.05) is 13.8 Å². The van der Waals surface area contributed by atoms with E-state index < -0.39 is 17.7 Å². The molecule has 7 nitrogen and oxygen atoms in total. The summed E-state index contributed by atoms with van der Waals surface area (Å²) in [5.74, 6) is 0.307. The van der Waals surface area contributed by atoms with Crippen LogP contribution in [-0.2, 0) is 9.59 Å². The molecular formula is C21H29N3O4S. The molecule has 0 aliphatic rings. The molecule has 1 heterocycles. The van der Waals surface area contributed by atoms with Gasteiger partial charge >= 0.3 is 5.63 Å². The summed E-state index contributed by atoms with van der Waals surface area (Å²) >= 11 is 1.62. The minimum absolute atomic E-state index is 0.200. The highest BCUT2D eigenvalue weighted by Gasteiger charge is 2.24. The average molecular weight is 420 g/mol. The van der Waals surface area contributed by atoms with Crippen LogP contribution in [0.15, 0.2) is 33.5 Å². The fourth-order valence-electron chi connectivity index (χ4n) is 2.99. The molecule has 158 valence electrons. The molecule has 2 aromatic rings. The number of thioether (sulfide) groups is 1. The second-order valence-electron chi connectivity index (χ2n) is 7.53. The summed E-state index contributed by atoms with van der Waals surface area (Å²) in [4.78, 5) is 36.8. The summed E-state index contributed by atoms with van der Waals surface area (Å²) < 4.78 is 5.23. The van der Waals surface area contributed by atoms with Crippen molar-refractivity contribution in [2.45, 2.75) is 45.7 Å². The maximum Gasteiger partial charge on any atom is 0.336 e. The van der Waals surface area contributed by atoms with Gasteiger partial charge in [0.2, 0.25) is 11.8 Å². The Balaban J connectivity index is 2.15. The first kappa shape index (κ1) is 23.0. The Labute approximate surface area is 174 Å². The van der Waals surface area contributed by atoms with Gasteiger partial charge in [-0.05, 0) is 55.4 Å². The number of fused-ring (bicyclic) bond motifs is 1. The third kappa shape index (κ3) is 6.61. The lowest BCUT2D eigenvalue weighted by atomic mass is 10.0. The summed E-state index contributed by atoms with van der Waals surface area (Å²) in [5, 5.41) is 6.38. The van der Waals surface area contributed by atoms with Crippen LogP contribution in [0.4, 0.5) is 5.69 Å². The zero-order valence-corrected chi connectivity index (χ0v) is 18.1. The van der Waals surface area contributed by atoms with Crippen LogP contribution >= 0.6 is 11.8 Å². The van der Waals surface area contributed by atoms with Gasteiger partial charge in [0.05, 0.1) is 6.04 Å². The molecule has 0 aliphatic heterocycles. The van der Waals surface area contributed by atoms with E-state index in [2.05, 4.69) is 10.6 Å². The van der Waals surface area contributed by atoms with Crippen LogP contribution in [0.25, 0.3) is 11.0 Å². The largest absolute Gasteiger partial charge is 0.423 e. The minimum Gasteiger partial charge on any atom is -0.423 e. The van der Waals surface area contributed by atoms with Crippen molar-refractivity contribution in [3.8, 4) is 0 Å². The summed E-state index contributed by atoms with van der Waals surface area (Å²) in [6.45, 7) is 5.78. The van der Waals surface area contributed by atoms with Crippen molar-refractivity contribution in [2.75, 3.05) is 17.3 Å². The number of hydrogen-bond donors (Lipinski definition) is 3. The Kier molecular flexibility index (Phi) is 8.28. The Morgan fingerprint density at radius 2 is 1.93 bits per heavy atom. The maximum absolute atomic E-state index is 12.8. The Morgan fingerprint density at radius 3 is 2.59 bits per heavy atom. The highest BCUT2D eigenvalue weighted by Crippen LogP contribution is 2.21. The second kappa shape index (κ2) is 10.5. The predicted molar refractivity (Wildman–Crippen MR) is 118 cm³/mol. The molecule has 2 amide bonds. The van der Waals surface area contributed by atoms with Crippen LogP contribution in [0.2, 0.25) is 0 Å². The molecule has 2 atom stereocenters. The molecule has 1 aromatic heterocycles. The topological polar surface area (TPSA) is 114 Å². The maximum atomic E-state index is 12.8. The van der Waals surface area contributed by atoms with Crippen molar-refractivity contribution in [1.82, 2.24) is 5.32 Å². The molecule has 8 heteroatoms. The van der Waals surface area contributed by atoms with Crippen LogP contribution in [0, 0.1) is 12.8 Å². The molecule has 0 radical (unpaired) electrons. The summed E-state index contributed by atoms with van der Waals surface area (Å²) in [7, 11) is 0. The van der Waals surface area contributed by atoms with Crippen molar-refractivity contribution in [3.63, 3.8) is 0 Å². The van der Waals surface area contributed by atoms with Gasteiger partial charge in [0.25, 0.3) is 0 Å². The first-order valence-electron chi connectivity index (χ1n) is 9.61. The lowest BCUT2D eigenvalue weighted by molar-refractivity contribution is -0.127. The molecule has 29 heavy (non-hydrogen) atoms. The minimum atomic E-state index is -0.706. The van der Waals surface area contributed by atoms with E-state index in [4.69, 9.17) is 10.2 Å². The Bertz CT molecular complexity index is 926. The van der Waals surface area contributed by atoms with Crippen molar-refractivity contribution in [1.29, 1.82) is 0 Å². The second-order valence-corrected chi connectivity index (χ2v) is 8.51. The highest BCUT2D eigenvalue weighted by atomic mass is 32.2. The van der Waals surface area contributed by atoms with E-state index in [-0.39, 0.29) is 17.7 Å². The van der Waals surface area contributed by atoms with Crippen LogP contribution in [0.3, 0.4) is 0 Å². The lowest BCUT2D eigenvalue weighted by Gasteiger charge is -2.22. The number of nitrogens with two attached hydrogens (primary N) is 1. The van der Waals surface area contributed by atoms with E-state index in [0.717, 1.165) is 16.7 Å². The monoisotopic (exact) mass is 419 g/mol. The number of carbonyl (C=O) groups is 2. The van der Waals surface area contributed by atoms with Gasteiger partial charge in [-0.15, -0.1) is 0 Å². The molecule has 0 spiro atoms. The number of benzene rings is 1. The molecule has 0 bridgehead atoms. The van der Waals surface area contributed by atoms with E-state index >= 15 is 0 Å². The fraction of sp³-hybridized carbons (Fsp3) is 0.476. The van der Waals surface area contributed by atoms with E-state index in [1.54, 1.807) is 30.0 Å². The molecule has 0 fully saturated rings. The first-order chi connectivity index (χ1) is 13.7. The van der Waals surface area contributed by atoms with Crippen LogP contribution in [0.5, 0.6) is 0 Å². The van der Waals surface area contributed by atoms with Crippen LogP contribution < -0.4 is 22.0 Å². The predicted octanol–water partition coefficient (Wildman–Crippen LogP) is 2.65. The Hall–Kier alpha value is -2.32. The van der Waals surface area contributed by atoms with E-state index in [1.807, 2.05) is 27.0 Å². The van der Waals surface area contributed by atoms with Gasteiger partial charge in [0.15, 0.2) is 0 Å². The van der Waals surface area contributed by atoms with Gasteiger partial charge in [0.1, 0.15) is 11.6 Å². The highest BCUT2D eigenvalue weighted by molar-refractivity contribution is 7.98. The number of amides is 2. The van der Waals surface area contributed by atoms with Crippen molar-refractivity contribution >= 4 is 40.2 Å². The zero-order valence-electron chi connectivity index (χ0n) is 17.3. The molecule has 0 unspecified atom stereocenters. The first-order valence-corrected chi connectivity index (χ1v) is 11.0. The van der Waals surface area contributed by atoms with Gasteiger partial charge in [-0.25, -0.2) is 4.79 Å². The van der Waals surface area contributed by atoms with Gasteiger partial charge in [-0.2, -0.15) is 11.8 Å². The lowest BCUT2D eigenvalue weighted by Crippen LogP contribution is -2.50. The quantitative estimate of drug-likeness (QED) is 0.538. The molecule has 1 aromatic carbocycles. The number of aryl methyl sites for hydroxylation is 1. The number of hydrogen-bond acceptors (Lipinski definition) is 6. The molecule has 0 saturated heterocycles. The molecule has 4 N–H and O–H groups in total. The van der Waals surface area contributed by atoms with Gasteiger partial charge < -0.3 is 20.8 Å². The normalized spacial score (nSPS) is 13.3. The van der Waals surface area contributed by atoms with Gasteiger partial charge in [0, 0.05) is 23.2 Å². The summed E-state index contributed by atoms with van der Waals surface area (Å²) in [5.41, 5.74) is 7.18. The molecule has 0 aliphatic carbocycles. The van der Waals surface area contributed by atoms with E-state index in [0.29, 0.717) is 24.1 Å². The van der Waals surface area contributed by atoms with Crippen molar-refractivity contribution in [2.24, 2.45) is 11.7 Å². The van der Waals surface area contributed by atoms with E-state index in [1.165, 1.54) is 6.07 Å². The molecule has 0 saturated carbocycles. The van der Waals surface area contributed by atoms with Crippen molar-refractivity contribution < 1.29 is 14.0 Å². The van der Waals surface area contributed by atoms with Crippen LogP contribution in [0.1, 0.15) is 32.3 Å². The standard InChI is InChI=1S/C21H29N3O4S/c1-12(2)9-17(24-20(26)16(22)7-8-29-4)21(27)23-14-5-6-15-13(3)10-19(25)28-18(15)11-14/h5-6,10-12,16-17H,7-9,22H2,1-4H3,(H,23,27)(H,24,26)/t16-,17-/m0/s1. The summed E-state index contributed by atoms with van der Waals surface area (Å²) in [6.07, 6.45) is 2.98. The zero-order chi connectivity index (χ0) is 21.6. The van der Waals surface area contributed by atoms with E-state index in [9.17, 15) is 14.4 Å². The fourth-order valence-corrected chi connectivity index (χ4v) is 3.48. The summed E-state index contributed by atoms with van der Waals surface area (Å²) in [6, 6.07) is 5.21. The molecule has 2 rings (SSSR count). The smallest absolute Gasteiger partial charge is 0.336 e.